The van der Waals surface area contributed by atoms with Crippen LogP contribution in [0, 0.1) is 0 Å². The molecule has 108 valence electrons. The minimum atomic E-state index is -0.231. The van der Waals surface area contributed by atoms with Gasteiger partial charge >= 0.3 is 0 Å². The van der Waals surface area contributed by atoms with Gasteiger partial charge in [0.1, 0.15) is 0 Å². The zero-order valence-electron chi connectivity index (χ0n) is 13.1. The second-order valence-corrected chi connectivity index (χ2v) is 5.81. The van der Waals surface area contributed by atoms with Crippen LogP contribution in [0.3, 0.4) is 0 Å². The summed E-state index contributed by atoms with van der Waals surface area (Å²) in [6.45, 7) is 11.4. The van der Waals surface area contributed by atoms with Crippen molar-refractivity contribution in [3.8, 4) is 0 Å². The molecular formula is C17H29NO. The van der Waals surface area contributed by atoms with Gasteiger partial charge in [0.15, 0.2) is 0 Å². The Morgan fingerprint density at radius 2 is 1.74 bits per heavy atom. The predicted octanol–water partition coefficient (Wildman–Crippen LogP) is 3.89. The monoisotopic (exact) mass is 263 g/mol. The van der Waals surface area contributed by atoms with Gasteiger partial charge in [0, 0.05) is 12.6 Å². The van der Waals surface area contributed by atoms with Crippen molar-refractivity contribution in [2.45, 2.75) is 65.0 Å². The maximum Gasteiger partial charge on any atom is 0.0805 e. The van der Waals surface area contributed by atoms with E-state index >= 15 is 0 Å². The molecule has 0 saturated carbocycles. The van der Waals surface area contributed by atoms with Crippen molar-refractivity contribution in [1.29, 1.82) is 0 Å². The van der Waals surface area contributed by atoms with E-state index in [0.717, 1.165) is 12.8 Å². The molecule has 2 nitrogen and oxygen atoms in total. The first-order valence-electron chi connectivity index (χ1n) is 7.41. The van der Waals surface area contributed by atoms with Gasteiger partial charge in [-0.2, -0.15) is 0 Å². The molecule has 2 unspecified atom stereocenters. The molecule has 1 rings (SSSR count). The number of hydrogen-bond acceptors (Lipinski definition) is 2. The molecular weight excluding hydrogens is 234 g/mol. The standard InChI is InChI=1S/C17H29NO/c1-6-17(5,19-7-2)16(18)12-14-8-10-15(11-9-14)13(3)4/h8-11,13,16H,6-7,12,18H2,1-5H3. The summed E-state index contributed by atoms with van der Waals surface area (Å²) in [5.74, 6) is 0.576. The largest absolute Gasteiger partial charge is 0.374 e. The first-order chi connectivity index (χ1) is 8.92. The lowest BCUT2D eigenvalue weighted by molar-refractivity contribution is -0.0461. The third kappa shape index (κ3) is 4.32. The predicted molar refractivity (Wildman–Crippen MR) is 82.5 cm³/mol. The molecule has 0 aromatic heterocycles. The molecule has 19 heavy (non-hydrogen) atoms. The third-order valence-corrected chi connectivity index (χ3v) is 4.06. The van der Waals surface area contributed by atoms with E-state index in [1.165, 1.54) is 11.1 Å². The smallest absolute Gasteiger partial charge is 0.0805 e. The van der Waals surface area contributed by atoms with Gasteiger partial charge in [-0.15, -0.1) is 0 Å². The van der Waals surface area contributed by atoms with Crippen molar-refractivity contribution in [3.05, 3.63) is 35.4 Å². The average Bonchev–Trinajstić information content (AvgIpc) is 2.39. The van der Waals surface area contributed by atoms with Crippen LogP contribution in [0.5, 0.6) is 0 Å². The lowest BCUT2D eigenvalue weighted by atomic mass is 9.88. The Bertz CT molecular complexity index is 371. The molecule has 0 aliphatic heterocycles. The number of hydrogen-bond donors (Lipinski definition) is 1. The number of benzene rings is 1. The SMILES string of the molecule is CCOC(C)(CC)C(N)Cc1ccc(C(C)C)cc1. The van der Waals surface area contributed by atoms with E-state index in [2.05, 4.69) is 52.0 Å². The third-order valence-electron chi connectivity index (χ3n) is 4.06. The van der Waals surface area contributed by atoms with Crippen molar-refractivity contribution >= 4 is 0 Å². The molecule has 0 radical (unpaired) electrons. The molecule has 0 spiro atoms. The van der Waals surface area contributed by atoms with Gasteiger partial charge < -0.3 is 10.5 Å². The number of nitrogens with two attached hydrogens (primary N) is 1. The van der Waals surface area contributed by atoms with Gasteiger partial charge in [0.05, 0.1) is 5.60 Å². The Labute approximate surface area is 118 Å². The van der Waals surface area contributed by atoms with Crippen LogP contribution in [0.15, 0.2) is 24.3 Å². The molecule has 2 N–H and O–H groups in total. The van der Waals surface area contributed by atoms with Crippen molar-refractivity contribution in [3.63, 3.8) is 0 Å². The highest BCUT2D eigenvalue weighted by molar-refractivity contribution is 5.25. The molecule has 0 amide bonds. The normalized spacial score (nSPS) is 16.4. The van der Waals surface area contributed by atoms with Gasteiger partial charge in [-0.3, -0.25) is 0 Å². The first kappa shape index (κ1) is 16.2. The van der Waals surface area contributed by atoms with Crippen LogP contribution in [-0.4, -0.2) is 18.2 Å². The van der Waals surface area contributed by atoms with Gasteiger partial charge in [-0.05, 0) is 43.7 Å². The lowest BCUT2D eigenvalue weighted by Gasteiger charge is -2.34. The minimum absolute atomic E-state index is 0.0300. The highest BCUT2D eigenvalue weighted by Crippen LogP contribution is 2.22. The molecule has 0 heterocycles. The summed E-state index contributed by atoms with van der Waals surface area (Å²) in [4.78, 5) is 0. The Morgan fingerprint density at radius 3 is 2.16 bits per heavy atom. The fraction of sp³-hybridized carbons (Fsp3) is 0.647. The van der Waals surface area contributed by atoms with Crippen molar-refractivity contribution in [2.75, 3.05) is 6.61 Å². The summed E-state index contributed by atoms with van der Waals surface area (Å²) in [5.41, 5.74) is 8.79. The molecule has 0 aliphatic rings. The molecule has 0 aliphatic carbocycles. The quantitative estimate of drug-likeness (QED) is 0.810. The van der Waals surface area contributed by atoms with E-state index in [9.17, 15) is 0 Å². The summed E-state index contributed by atoms with van der Waals surface area (Å²) in [6.07, 6.45) is 1.80. The molecule has 1 aromatic rings. The Hall–Kier alpha value is -0.860. The van der Waals surface area contributed by atoms with E-state index in [-0.39, 0.29) is 11.6 Å². The highest BCUT2D eigenvalue weighted by Gasteiger charge is 2.30. The zero-order chi connectivity index (χ0) is 14.5. The first-order valence-corrected chi connectivity index (χ1v) is 7.41. The van der Waals surface area contributed by atoms with Gasteiger partial charge in [-0.25, -0.2) is 0 Å². The maximum absolute atomic E-state index is 6.35. The maximum atomic E-state index is 6.35. The van der Waals surface area contributed by atoms with Crippen LogP contribution in [0.25, 0.3) is 0 Å². The van der Waals surface area contributed by atoms with E-state index < -0.39 is 0 Å². The second-order valence-electron chi connectivity index (χ2n) is 5.81. The van der Waals surface area contributed by atoms with Crippen molar-refractivity contribution in [1.82, 2.24) is 0 Å². The lowest BCUT2D eigenvalue weighted by Crippen LogP contribution is -2.48. The molecule has 0 fully saturated rings. The second kappa shape index (κ2) is 7.06. The fourth-order valence-corrected chi connectivity index (χ4v) is 2.31. The molecule has 0 saturated heterocycles. The summed E-state index contributed by atoms with van der Waals surface area (Å²) < 4.78 is 5.85. The summed E-state index contributed by atoms with van der Waals surface area (Å²) in [7, 11) is 0. The zero-order valence-corrected chi connectivity index (χ0v) is 13.1. The van der Waals surface area contributed by atoms with Crippen molar-refractivity contribution < 1.29 is 4.74 Å². The highest BCUT2D eigenvalue weighted by atomic mass is 16.5. The van der Waals surface area contributed by atoms with Gasteiger partial charge in [0.25, 0.3) is 0 Å². The summed E-state index contributed by atoms with van der Waals surface area (Å²) in [6, 6.07) is 8.82. The van der Waals surface area contributed by atoms with Crippen LogP contribution in [0.4, 0.5) is 0 Å². The minimum Gasteiger partial charge on any atom is -0.374 e. The van der Waals surface area contributed by atoms with E-state index in [0.29, 0.717) is 12.5 Å². The number of ether oxygens (including phenoxy) is 1. The Morgan fingerprint density at radius 1 is 1.16 bits per heavy atom. The fourth-order valence-electron chi connectivity index (χ4n) is 2.31. The molecule has 2 atom stereocenters. The average molecular weight is 263 g/mol. The van der Waals surface area contributed by atoms with Crippen LogP contribution in [-0.2, 0) is 11.2 Å². The Balaban J connectivity index is 2.72. The Kier molecular flexibility index (Phi) is 6.02. The van der Waals surface area contributed by atoms with Crippen LogP contribution in [0.1, 0.15) is 58.1 Å². The van der Waals surface area contributed by atoms with Gasteiger partial charge in [-0.1, -0.05) is 45.0 Å². The van der Waals surface area contributed by atoms with E-state index in [4.69, 9.17) is 10.5 Å². The number of rotatable bonds is 7. The summed E-state index contributed by atoms with van der Waals surface area (Å²) >= 11 is 0. The van der Waals surface area contributed by atoms with Crippen LogP contribution in [0.2, 0.25) is 0 Å². The van der Waals surface area contributed by atoms with E-state index in [1.807, 2.05) is 6.92 Å². The molecule has 1 aromatic carbocycles. The van der Waals surface area contributed by atoms with Crippen LogP contribution < -0.4 is 5.73 Å². The van der Waals surface area contributed by atoms with Crippen LogP contribution >= 0.6 is 0 Å². The summed E-state index contributed by atoms with van der Waals surface area (Å²) in [5, 5.41) is 0. The molecule has 0 bridgehead atoms. The van der Waals surface area contributed by atoms with Crippen molar-refractivity contribution in [2.24, 2.45) is 5.73 Å². The topological polar surface area (TPSA) is 35.2 Å². The van der Waals surface area contributed by atoms with E-state index in [1.54, 1.807) is 0 Å². The van der Waals surface area contributed by atoms with Gasteiger partial charge in [0.2, 0.25) is 0 Å². The molecule has 2 heteroatoms.